The predicted molar refractivity (Wildman–Crippen MR) is 154 cm³/mol. The summed E-state index contributed by atoms with van der Waals surface area (Å²) in [6, 6.07) is 26.6. The molecule has 2 aliphatic heterocycles. The average molecular weight is 527 g/mol. The standard InChI is InChI=1S/C32H38N4O3/c1-34(24-29-14-15-31(37)33-29)23-25-6-5-9-30(22-25)39-21-20-35-16-18-36(19-17-35)32(38)28-12-10-27(11-13-28)26-7-3-2-4-8-26/h2-13,22,29H,14-21,23-24H2,1H3,(H,33,37). The number of nitrogens with zero attached hydrogens (tertiary/aromatic N) is 3. The number of rotatable bonds is 10. The Kier molecular flexibility index (Phi) is 8.91. The van der Waals surface area contributed by atoms with Gasteiger partial charge in [-0.3, -0.25) is 14.5 Å². The molecule has 2 aliphatic rings. The Labute approximate surface area is 231 Å². The Hall–Kier alpha value is -3.68. The molecule has 0 spiro atoms. The molecule has 39 heavy (non-hydrogen) atoms. The number of piperazine rings is 1. The van der Waals surface area contributed by atoms with Crippen molar-refractivity contribution in [2.75, 3.05) is 52.9 Å². The first kappa shape index (κ1) is 26.9. The van der Waals surface area contributed by atoms with E-state index in [0.29, 0.717) is 13.0 Å². The van der Waals surface area contributed by atoms with Gasteiger partial charge in [-0.2, -0.15) is 0 Å². The molecule has 0 saturated carbocycles. The summed E-state index contributed by atoms with van der Waals surface area (Å²) >= 11 is 0. The molecule has 204 valence electrons. The molecule has 0 radical (unpaired) electrons. The van der Waals surface area contributed by atoms with E-state index in [1.54, 1.807) is 0 Å². The maximum Gasteiger partial charge on any atom is 0.253 e. The first-order valence-electron chi connectivity index (χ1n) is 13.9. The van der Waals surface area contributed by atoms with E-state index in [1.165, 1.54) is 5.56 Å². The largest absolute Gasteiger partial charge is 0.492 e. The van der Waals surface area contributed by atoms with E-state index in [0.717, 1.165) is 74.7 Å². The fourth-order valence-electron chi connectivity index (χ4n) is 5.39. The van der Waals surface area contributed by atoms with Gasteiger partial charge in [-0.05, 0) is 54.4 Å². The van der Waals surface area contributed by atoms with Crippen molar-refractivity contribution in [3.63, 3.8) is 0 Å². The summed E-state index contributed by atoms with van der Waals surface area (Å²) in [5.41, 5.74) is 4.21. The van der Waals surface area contributed by atoms with Crippen molar-refractivity contribution in [1.29, 1.82) is 0 Å². The third-order valence-corrected chi connectivity index (χ3v) is 7.54. The molecule has 0 aromatic heterocycles. The number of benzene rings is 3. The second kappa shape index (κ2) is 12.9. The maximum absolute atomic E-state index is 13.0. The molecule has 1 atom stereocenters. The smallest absolute Gasteiger partial charge is 0.253 e. The Bertz CT molecular complexity index is 1240. The fourth-order valence-corrected chi connectivity index (χ4v) is 5.39. The molecule has 3 aromatic carbocycles. The summed E-state index contributed by atoms with van der Waals surface area (Å²) in [4.78, 5) is 31.0. The zero-order chi connectivity index (χ0) is 27.0. The van der Waals surface area contributed by atoms with Crippen molar-refractivity contribution in [3.8, 4) is 16.9 Å². The Morgan fingerprint density at radius 3 is 2.41 bits per heavy atom. The van der Waals surface area contributed by atoms with Crippen LogP contribution in [0.4, 0.5) is 0 Å². The van der Waals surface area contributed by atoms with Crippen LogP contribution in [0.2, 0.25) is 0 Å². The maximum atomic E-state index is 13.0. The first-order valence-corrected chi connectivity index (χ1v) is 13.9. The minimum Gasteiger partial charge on any atom is -0.492 e. The molecule has 5 rings (SSSR count). The Balaban J connectivity index is 1.03. The summed E-state index contributed by atoms with van der Waals surface area (Å²) in [5.74, 6) is 1.14. The summed E-state index contributed by atoms with van der Waals surface area (Å²) in [5, 5.41) is 3.03. The minimum absolute atomic E-state index is 0.0996. The van der Waals surface area contributed by atoms with Gasteiger partial charge >= 0.3 is 0 Å². The second-order valence-corrected chi connectivity index (χ2v) is 10.6. The number of carbonyl (C=O) groups is 2. The van der Waals surface area contributed by atoms with E-state index in [9.17, 15) is 9.59 Å². The quantitative estimate of drug-likeness (QED) is 0.434. The highest BCUT2D eigenvalue weighted by Gasteiger charge is 2.23. The van der Waals surface area contributed by atoms with Gasteiger partial charge in [0.2, 0.25) is 5.91 Å². The lowest BCUT2D eigenvalue weighted by atomic mass is 10.0. The zero-order valence-corrected chi connectivity index (χ0v) is 22.7. The van der Waals surface area contributed by atoms with E-state index < -0.39 is 0 Å². The SMILES string of the molecule is CN(Cc1cccc(OCCN2CCN(C(=O)c3ccc(-c4ccccc4)cc3)CC2)c1)CC1CCC(=O)N1. The Morgan fingerprint density at radius 2 is 1.69 bits per heavy atom. The molecule has 2 saturated heterocycles. The number of nitrogens with one attached hydrogen (secondary N) is 1. The van der Waals surface area contributed by atoms with Crippen molar-refractivity contribution >= 4 is 11.8 Å². The second-order valence-electron chi connectivity index (χ2n) is 10.6. The van der Waals surface area contributed by atoms with Gasteiger partial charge in [-0.1, -0.05) is 54.6 Å². The van der Waals surface area contributed by atoms with Crippen LogP contribution in [0.3, 0.4) is 0 Å². The third-order valence-electron chi connectivity index (χ3n) is 7.54. The highest BCUT2D eigenvalue weighted by molar-refractivity contribution is 5.94. The van der Waals surface area contributed by atoms with Crippen LogP contribution in [0.1, 0.15) is 28.8 Å². The zero-order valence-electron chi connectivity index (χ0n) is 22.7. The summed E-state index contributed by atoms with van der Waals surface area (Å²) in [6.45, 7) is 6.25. The predicted octanol–water partition coefficient (Wildman–Crippen LogP) is 3.90. The van der Waals surface area contributed by atoms with Crippen molar-refractivity contribution in [2.45, 2.75) is 25.4 Å². The van der Waals surface area contributed by atoms with E-state index in [-0.39, 0.29) is 17.9 Å². The first-order chi connectivity index (χ1) is 19.0. The molecule has 0 bridgehead atoms. The lowest BCUT2D eigenvalue weighted by Gasteiger charge is -2.34. The lowest BCUT2D eigenvalue weighted by Crippen LogP contribution is -2.49. The number of ether oxygens (including phenoxy) is 1. The van der Waals surface area contributed by atoms with Gasteiger partial charge in [0.1, 0.15) is 12.4 Å². The molecule has 7 nitrogen and oxygen atoms in total. The van der Waals surface area contributed by atoms with Crippen LogP contribution < -0.4 is 10.1 Å². The van der Waals surface area contributed by atoms with Crippen LogP contribution >= 0.6 is 0 Å². The van der Waals surface area contributed by atoms with Gasteiger partial charge in [0, 0.05) is 63.8 Å². The summed E-state index contributed by atoms with van der Waals surface area (Å²) in [6.07, 6.45) is 1.55. The molecule has 1 N–H and O–H groups in total. The van der Waals surface area contributed by atoms with Gasteiger partial charge in [0.15, 0.2) is 0 Å². The molecule has 0 aliphatic carbocycles. The summed E-state index contributed by atoms with van der Waals surface area (Å²) in [7, 11) is 2.09. The van der Waals surface area contributed by atoms with Crippen LogP contribution in [-0.2, 0) is 11.3 Å². The molecule has 2 amide bonds. The fraction of sp³-hybridized carbons (Fsp3) is 0.375. The van der Waals surface area contributed by atoms with Crippen molar-refractivity contribution in [2.24, 2.45) is 0 Å². The topological polar surface area (TPSA) is 65.1 Å². The number of amides is 2. The van der Waals surface area contributed by atoms with Crippen LogP contribution in [0.15, 0.2) is 78.9 Å². The number of likely N-dealkylation sites (N-methyl/N-ethyl adjacent to an activating group) is 1. The van der Waals surface area contributed by atoms with E-state index in [2.05, 4.69) is 46.4 Å². The van der Waals surface area contributed by atoms with E-state index in [1.807, 2.05) is 59.5 Å². The van der Waals surface area contributed by atoms with Gasteiger partial charge in [0.25, 0.3) is 5.91 Å². The van der Waals surface area contributed by atoms with Crippen molar-refractivity contribution in [3.05, 3.63) is 90.0 Å². The normalized spacial score (nSPS) is 17.8. The van der Waals surface area contributed by atoms with Crippen LogP contribution in [-0.4, -0.2) is 85.5 Å². The average Bonchev–Trinajstić information content (AvgIpc) is 3.38. The Morgan fingerprint density at radius 1 is 0.949 bits per heavy atom. The van der Waals surface area contributed by atoms with Gasteiger partial charge in [-0.15, -0.1) is 0 Å². The molecule has 7 heteroatoms. The third kappa shape index (κ3) is 7.46. The van der Waals surface area contributed by atoms with Crippen LogP contribution in [0.25, 0.3) is 11.1 Å². The van der Waals surface area contributed by atoms with E-state index >= 15 is 0 Å². The number of hydrogen-bond donors (Lipinski definition) is 1. The molecule has 2 heterocycles. The van der Waals surface area contributed by atoms with Gasteiger partial charge < -0.3 is 19.9 Å². The summed E-state index contributed by atoms with van der Waals surface area (Å²) < 4.78 is 6.07. The molecule has 2 fully saturated rings. The van der Waals surface area contributed by atoms with Crippen molar-refractivity contribution in [1.82, 2.24) is 20.0 Å². The molecule has 3 aromatic rings. The van der Waals surface area contributed by atoms with E-state index in [4.69, 9.17) is 4.74 Å². The van der Waals surface area contributed by atoms with Crippen LogP contribution in [0.5, 0.6) is 5.75 Å². The number of carbonyl (C=O) groups excluding carboxylic acids is 2. The molecular weight excluding hydrogens is 488 g/mol. The monoisotopic (exact) mass is 526 g/mol. The van der Waals surface area contributed by atoms with Crippen molar-refractivity contribution < 1.29 is 14.3 Å². The lowest BCUT2D eigenvalue weighted by molar-refractivity contribution is -0.119. The number of hydrogen-bond acceptors (Lipinski definition) is 5. The highest BCUT2D eigenvalue weighted by Crippen LogP contribution is 2.20. The highest BCUT2D eigenvalue weighted by atomic mass is 16.5. The van der Waals surface area contributed by atoms with Gasteiger partial charge in [-0.25, -0.2) is 0 Å². The minimum atomic E-state index is 0.0996. The van der Waals surface area contributed by atoms with Crippen LogP contribution in [0, 0.1) is 0 Å². The molecule has 1 unspecified atom stereocenters. The molecular formula is C32H38N4O3. The van der Waals surface area contributed by atoms with Gasteiger partial charge in [0.05, 0.1) is 0 Å².